The highest BCUT2D eigenvalue weighted by Gasteiger charge is 2.17. The van der Waals surface area contributed by atoms with Crippen molar-refractivity contribution in [3.8, 4) is 0 Å². The van der Waals surface area contributed by atoms with Crippen LogP contribution in [0.15, 0.2) is 18.2 Å². The second kappa shape index (κ2) is 7.11. The van der Waals surface area contributed by atoms with Gasteiger partial charge in [-0.05, 0) is 19.1 Å². The number of fused-ring (bicyclic) bond motifs is 1. The van der Waals surface area contributed by atoms with Crippen LogP contribution in [0.25, 0.3) is 10.1 Å². The van der Waals surface area contributed by atoms with Crippen LogP contribution in [-0.4, -0.2) is 25.0 Å². The van der Waals surface area contributed by atoms with Crippen molar-refractivity contribution in [1.29, 1.82) is 0 Å². The zero-order valence-corrected chi connectivity index (χ0v) is 13.6. The van der Waals surface area contributed by atoms with Crippen LogP contribution in [0.3, 0.4) is 0 Å². The van der Waals surface area contributed by atoms with Gasteiger partial charge in [-0.25, -0.2) is 0 Å². The maximum atomic E-state index is 12.1. The van der Waals surface area contributed by atoms with Crippen LogP contribution in [0, 0.1) is 0 Å². The van der Waals surface area contributed by atoms with Gasteiger partial charge in [-0.3, -0.25) is 9.59 Å². The van der Waals surface area contributed by atoms with E-state index in [-0.39, 0.29) is 24.8 Å². The zero-order valence-electron chi connectivity index (χ0n) is 11.2. The average molecular weight is 346 g/mol. The van der Waals surface area contributed by atoms with Gasteiger partial charge >= 0.3 is 5.97 Å². The van der Waals surface area contributed by atoms with E-state index in [1.165, 1.54) is 11.3 Å². The van der Waals surface area contributed by atoms with Gasteiger partial charge in [-0.2, -0.15) is 0 Å². The average Bonchev–Trinajstić information content (AvgIpc) is 2.75. The molecule has 4 nitrogen and oxygen atoms in total. The number of ether oxygens (including phenoxy) is 1. The van der Waals surface area contributed by atoms with Crippen LogP contribution < -0.4 is 5.32 Å². The summed E-state index contributed by atoms with van der Waals surface area (Å²) in [6.07, 6.45) is 0.133. The molecule has 0 aliphatic rings. The quantitative estimate of drug-likeness (QED) is 0.836. The van der Waals surface area contributed by atoms with Crippen molar-refractivity contribution in [3.05, 3.63) is 33.1 Å². The van der Waals surface area contributed by atoms with E-state index in [0.717, 1.165) is 10.1 Å². The molecular weight excluding hydrogens is 333 g/mol. The summed E-state index contributed by atoms with van der Waals surface area (Å²) < 4.78 is 5.64. The number of carbonyl (C=O) groups excluding carboxylic acids is 2. The number of carbonyl (C=O) groups is 2. The lowest BCUT2D eigenvalue weighted by molar-refractivity contribution is -0.142. The predicted molar refractivity (Wildman–Crippen MR) is 85.4 cm³/mol. The Kier molecular flexibility index (Phi) is 5.45. The Balaban J connectivity index is 2.06. The molecule has 112 valence electrons. The monoisotopic (exact) mass is 345 g/mol. The summed E-state index contributed by atoms with van der Waals surface area (Å²) in [5.74, 6) is -0.645. The fraction of sp³-hybridized carbons (Fsp3) is 0.286. The van der Waals surface area contributed by atoms with Crippen LogP contribution >= 0.6 is 34.5 Å². The molecule has 7 heteroatoms. The minimum Gasteiger partial charge on any atom is -0.466 e. The molecule has 0 unspecified atom stereocenters. The van der Waals surface area contributed by atoms with Crippen LogP contribution in [-0.2, 0) is 9.53 Å². The van der Waals surface area contributed by atoms with Crippen LogP contribution in [0.1, 0.15) is 23.0 Å². The van der Waals surface area contributed by atoms with E-state index in [9.17, 15) is 9.59 Å². The maximum absolute atomic E-state index is 12.1. The van der Waals surface area contributed by atoms with Gasteiger partial charge in [-0.15, -0.1) is 11.3 Å². The summed E-state index contributed by atoms with van der Waals surface area (Å²) >= 11 is 13.4. The third kappa shape index (κ3) is 3.87. The van der Waals surface area contributed by atoms with Gasteiger partial charge in [0, 0.05) is 21.7 Å². The topological polar surface area (TPSA) is 55.4 Å². The second-order valence-electron chi connectivity index (χ2n) is 4.20. The molecule has 0 bridgehead atoms. The summed E-state index contributed by atoms with van der Waals surface area (Å²) in [6, 6.07) is 5.28. The number of esters is 1. The van der Waals surface area contributed by atoms with Gasteiger partial charge in [-0.1, -0.05) is 29.3 Å². The lowest BCUT2D eigenvalue weighted by atomic mass is 10.2. The molecule has 1 amide bonds. The third-order valence-corrected chi connectivity index (χ3v) is 4.61. The summed E-state index contributed by atoms with van der Waals surface area (Å²) in [5.41, 5.74) is 0. The Labute approximate surface area is 136 Å². The number of halogens is 2. The summed E-state index contributed by atoms with van der Waals surface area (Å²) in [4.78, 5) is 23.7. The number of hydrogen-bond acceptors (Lipinski definition) is 4. The fourth-order valence-corrected chi connectivity index (χ4v) is 3.49. The van der Waals surface area contributed by atoms with Crippen molar-refractivity contribution in [3.63, 3.8) is 0 Å². The van der Waals surface area contributed by atoms with Crippen molar-refractivity contribution in [2.75, 3.05) is 13.2 Å². The molecular formula is C14H13Cl2NO3S. The van der Waals surface area contributed by atoms with E-state index >= 15 is 0 Å². The first-order valence-corrected chi connectivity index (χ1v) is 7.91. The van der Waals surface area contributed by atoms with Gasteiger partial charge in [0.1, 0.15) is 4.88 Å². The highest BCUT2D eigenvalue weighted by Crippen LogP contribution is 2.36. The van der Waals surface area contributed by atoms with Gasteiger partial charge in [0.25, 0.3) is 5.91 Å². The molecule has 0 radical (unpaired) electrons. The lowest BCUT2D eigenvalue weighted by Gasteiger charge is -2.04. The van der Waals surface area contributed by atoms with Crippen molar-refractivity contribution < 1.29 is 14.3 Å². The summed E-state index contributed by atoms with van der Waals surface area (Å²) in [7, 11) is 0. The summed E-state index contributed by atoms with van der Waals surface area (Å²) in [5, 5.41) is 4.45. The van der Waals surface area contributed by atoms with Gasteiger partial charge < -0.3 is 10.1 Å². The van der Waals surface area contributed by atoms with Crippen molar-refractivity contribution in [1.82, 2.24) is 5.32 Å². The largest absolute Gasteiger partial charge is 0.466 e. The molecule has 1 N–H and O–H groups in total. The molecule has 0 saturated heterocycles. The molecule has 1 aromatic heterocycles. The normalized spacial score (nSPS) is 10.6. The first-order valence-electron chi connectivity index (χ1n) is 6.34. The van der Waals surface area contributed by atoms with E-state index in [4.69, 9.17) is 27.9 Å². The Bertz CT molecular complexity index is 684. The highest BCUT2D eigenvalue weighted by atomic mass is 35.5. The van der Waals surface area contributed by atoms with Crippen molar-refractivity contribution >= 4 is 56.5 Å². The maximum Gasteiger partial charge on any atom is 0.307 e. The Hall–Kier alpha value is -1.30. The van der Waals surface area contributed by atoms with Gasteiger partial charge in [0.2, 0.25) is 0 Å². The van der Waals surface area contributed by atoms with Gasteiger partial charge in [0.15, 0.2) is 0 Å². The number of rotatable bonds is 5. The molecule has 2 aromatic rings. The van der Waals surface area contributed by atoms with E-state index in [1.54, 1.807) is 25.1 Å². The van der Waals surface area contributed by atoms with E-state index in [1.807, 2.05) is 0 Å². The zero-order chi connectivity index (χ0) is 15.4. The number of hydrogen-bond donors (Lipinski definition) is 1. The molecule has 0 atom stereocenters. The van der Waals surface area contributed by atoms with E-state index in [2.05, 4.69) is 5.32 Å². The van der Waals surface area contributed by atoms with Gasteiger partial charge in [0.05, 0.1) is 18.1 Å². The minimum atomic E-state index is -0.341. The SMILES string of the molecule is CCOC(=O)CCNC(=O)c1sc2cc(Cl)ccc2c1Cl. The first-order chi connectivity index (χ1) is 10.0. The first kappa shape index (κ1) is 16.1. The minimum absolute atomic E-state index is 0.133. The molecule has 2 rings (SSSR count). The van der Waals surface area contributed by atoms with Crippen LogP contribution in [0.5, 0.6) is 0 Å². The molecule has 0 aliphatic heterocycles. The van der Waals surface area contributed by atoms with E-state index in [0.29, 0.717) is 21.5 Å². The number of nitrogens with one attached hydrogen (secondary N) is 1. The number of benzene rings is 1. The Morgan fingerprint density at radius 2 is 2.10 bits per heavy atom. The highest BCUT2D eigenvalue weighted by molar-refractivity contribution is 7.21. The fourth-order valence-electron chi connectivity index (χ4n) is 1.78. The smallest absolute Gasteiger partial charge is 0.307 e. The molecule has 0 aliphatic carbocycles. The molecule has 0 saturated carbocycles. The van der Waals surface area contributed by atoms with E-state index < -0.39 is 0 Å². The van der Waals surface area contributed by atoms with Crippen LogP contribution in [0.4, 0.5) is 0 Å². The Morgan fingerprint density at radius 1 is 1.33 bits per heavy atom. The molecule has 21 heavy (non-hydrogen) atoms. The second-order valence-corrected chi connectivity index (χ2v) is 6.06. The standard InChI is InChI=1S/C14H13Cl2NO3S/c1-2-20-11(18)5-6-17-14(19)13-12(16)9-4-3-8(15)7-10(9)21-13/h3-4,7H,2,5-6H2,1H3,(H,17,19). The molecule has 0 spiro atoms. The predicted octanol–water partition coefficient (Wildman–Crippen LogP) is 3.89. The Morgan fingerprint density at radius 3 is 2.81 bits per heavy atom. The lowest BCUT2D eigenvalue weighted by Crippen LogP contribution is -2.26. The molecule has 1 heterocycles. The molecule has 1 aromatic carbocycles. The summed E-state index contributed by atoms with van der Waals surface area (Å²) in [6.45, 7) is 2.28. The third-order valence-electron chi connectivity index (χ3n) is 2.72. The van der Waals surface area contributed by atoms with Crippen molar-refractivity contribution in [2.45, 2.75) is 13.3 Å². The number of thiophene rings is 1. The number of amides is 1. The molecule has 0 fully saturated rings. The van der Waals surface area contributed by atoms with Crippen LogP contribution in [0.2, 0.25) is 10.0 Å². The van der Waals surface area contributed by atoms with Crippen molar-refractivity contribution in [2.24, 2.45) is 0 Å².